The van der Waals surface area contributed by atoms with Gasteiger partial charge in [0.1, 0.15) is 0 Å². The van der Waals surface area contributed by atoms with Crippen molar-refractivity contribution in [2.24, 2.45) is 5.92 Å². The highest BCUT2D eigenvalue weighted by Gasteiger charge is 2.18. The van der Waals surface area contributed by atoms with E-state index < -0.39 is 0 Å². The molecule has 0 saturated carbocycles. The lowest BCUT2D eigenvalue weighted by atomic mass is 9.88. The lowest BCUT2D eigenvalue weighted by Gasteiger charge is -2.21. The van der Waals surface area contributed by atoms with E-state index in [4.69, 9.17) is 4.74 Å². The second-order valence-corrected chi connectivity index (χ2v) is 4.69. The molecular weight excluding hydrogens is 256 g/mol. The number of hydrogen-bond acceptors (Lipinski definition) is 2. The first-order chi connectivity index (χ1) is 7.19. The molecule has 1 N–H and O–H groups in total. The van der Waals surface area contributed by atoms with E-state index in [1.165, 1.54) is 0 Å². The van der Waals surface area contributed by atoms with Gasteiger partial charge in [0, 0.05) is 24.1 Å². The van der Waals surface area contributed by atoms with E-state index in [-0.39, 0.29) is 12.5 Å². The van der Waals surface area contributed by atoms with E-state index in [9.17, 15) is 5.11 Å². The second-order valence-electron chi connectivity index (χ2n) is 3.77. The molecule has 0 aromatic heterocycles. The molecule has 1 rings (SSSR count). The van der Waals surface area contributed by atoms with Crippen molar-refractivity contribution in [2.45, 2.75) is 12.8 Å². The van der Waals surface area contributed by atoms with Crippen LogP contribution in [-0.4, -0.2) is 25.4 Å². The van der Waals surface area contributed by atoms with Crippen molar-refractivity contribution < 1.29 is 9.84 Å². The maximum atomic E-state index is 9.38. The van der Waals surface area contributed by atoms with Crippen LogP contribution in [0.4, 0.5) is 0 Å². The SMILES string of the molecule is COCC(C)C(CO)c1ccc(Br)cc1. The van der Waals surface area contributed by atoms with Gasteiger partial charge in [0.05, 0.1) is 6.61 Å². The van der Waals surface area contributed by atoms with Crippen molar-refractivity contribution in [1.82, 2.24) is 0 Å². The summed E-state index contributed by atoms with van der Waals surface area (Å²) in [6, 6.07) is 8.07. The summed E-state index contributed by atoms with van der Waals surface area (Å²) in [4.78, 5) is 0. The number of benzene rings is 1. The first kappa shape index (κ1) is 12.7. The smallest absolute Gasteiger partial charge is 0.0503 e. The zero-order chi connectivity index (χ0) is 11.3. The Balaban J connectivity index is 2.77. The zero-order valence-corrected chi connectivity index (χ0v) is 10.7. The molecule has 0 spiro atoms. The summed E-state index contributed by atoms with van der Waals surface area (Å²) in [7, 11) is 1.69. The molecule has 0 heterocycles. The Labute approximate surface area is 99.4 Å². The third kappa shape index (κ3) is 3.59. The number of ether oxygens (including phenoxy) is 1. The quantitative estimate of drug-likeness (QED) is 0.893. The van der Waals surface area contributed by atoms with Gasteiger partial charge in [-0.25, -0.2) is 0 Å². The Morgan fingerprint density at radius 1 is 1.33 bits per heavy atom. The summed E-state index contributed by atoms with van der Waals surface area (Å²) in [5.41, 5.74) is 1.16. The fourth-order valence-corrected chi connectivity index (χ4v) is 1.97. The topological polar surface area (TPSA) is 29.5 Å². The highest BCUT2D eigenvalue weighted by atomic mass is 79.9. The monoisotopic (exact) mass is 272 g/mol. The molecular formula is C12H17BrO2. The average Bonchev–Trinajstić information content (AvgIpc) is 2.22. The van der Waals surface area contributed by atoms with E-state index in [1.54, 1.807) is 7.11 Å². The van der Waals surface area contributed by atoms with Gasteiger partial charge in [-0.2, -0.15) is 0 Å². The molecule has 0 aliphatic carbocycles. The Hall–Kier alpha value is -0.380. The third-order valence-electron chi connectivity index (χ3n) is 2.61. The predicted octanol–water partition coefficient (Wildman–Crippen LogP) is 2.81. The predicted molar refractivity (Wildman–Crippen MR) is 65.0 cm³/mol. The van der Waals surface area contributed by atoms with Gasteiger partial charge in [0.2, 0.25) is 0 Å². The molecule has 0 radical (unpaired) electrons. The van der Waals surface area contributed by atoms with Crippen LogP contribution in [0.5, 0.6) is 0 Å². The average molecular weight is 273 g/mol. The number of hydrogen-bond donors (Lipinski definition) is 1. The van der Waals surface area contributed by atoms with Crippen molar-refractivity contribution in [2.75, 3.05) is 20.3 Å². The maximum absolute atomic E-state index is 9.38. The van der Waals surface area contributed by atoms with Crippen LogP contribution in [0.15, 0.2) is 28.7 Å². The molecule has 1 aromatic carbocycles. The minimum absolute atomic E-state index is 0.151. The van der Waals surface area contributed by atoms with Gasteiger partial charge in [0.25, 0.3) is 0 Å². The van der Waals surface area contributed by atoms with Crippen molar-refractivity contribution in [1.29, 1.82) is 0 Å². The van der Waals surface area contributed by atoms with Crippen LogP contribution in [0.2, 0.25) is 0 Å². The summed E-state index contributed by atoms with van der Waals surface area (Å²) >= 11 is 3.40. The largest absolute Gasteiger partial charge is 0.396 e. The molecule has 2 nitrogen and oxygen atoms in total. The third-order valence-corrected chi connectivity index (χ3v) is 3.14. The van der Waals surface area contributed by atoms with Gasteiger partial charge in [-0.1, -0.05) is 35.0 Å². The molecule has 0 fully saturated rings. The summed E-state index contributed by atoms with van der Waals surface area (Å²) in [5, 5.41) is 9.38. The van der Waals surface area contributed by atoms with E-state index in [2.05, 4.69) is 22.9 Å². The standard InChI is InChI=1S/C12H17BrO2/c1-9(8-15-2)12(7-14)10-3-5-11(13)6-4-10/h3-6,9,12,14H,7-8H2,1-2H3. The van der Waals surface area contributed by atoms with Crippen LogP contribution in [0.1, 0.15) is 18.4 Å². The molecule has 84 valence electrons. The van der Waals surface area contributed by atoms with Crippen LogP contribution in [0.25, 0.3) is 0 Å². The molecule has 1 aromatic rings. The lowest BCUT2D eigenvalue weighted by molar-refractivity contribution is 0.126. The van der Waals surface area contributed by atoms with Crippen LogP contribution in [0.3, 0.4) is 0 Å². The van der Waals surface area contributed by atoms with Gasteiger partial charge in [0.15, 0.2) is 0 Å². The van der Waals surface area contributed by atoms with Gasteiger partial charge in [-0.05, 0) is 23.6 Å². The molecule has 0 aliphatic rings. The molecule has 3 heteroatoms. The van der Waals surface area contributed by atoms with Gasteiger partial charge >= 0.3 is 0 Å². The van der Waals surface area contributed by atoms with E-state index in [0.717, 1.165) is 10.0 Å². The summed E-state index contributed by atoms with van der Waals surface area (Å²) in [5.74, 6) is 0.472. The second kappa shape index (κ2) is 6.26. The van der Waals surface area contributed by atoms with E-state index in [0.29, 0.717) is 12.5 Å². The Kier molecular flexibility index (Phi) is 5.29. The van der Waals surface area contributed by atoms with E-state index >= 15 is 0 Å². The Morgan fingerprint density at radius 3 is 2.40 bits per heavy atom. The normalized spacial score (nSPS) is 14.9. The van der Waals surface area contributed by atoms with Crippen molar-refractivity contribution in [3.05, 3.63) is 34.3 Å². The summed E-state index contributed by atoms with van der Waals surface area (Å²) < 4.78 is 6.17. The number of methoxy groups -OCH3 is 1. The van der Waals surface area contributed by atoms with Crippen LogP contribution < -0.4 is 0 Å². The summed E-state index contributed by atoms with van der Waals surface area (Å²) in [6.45, 7) is 2.92. The van der Waals surface area contributed by atoms with E-state index in [1.807, 2.05) is 24.3 Å². The van der Waals surface area contributed by atoms with Crippen molar-refractivity contribution >= 4 is 15.9 Å². The minimum Gasteiger partial charge on any atom is -0.396 e. The number of aliphatic hydroxyl groups is 1. The summed E-state index contributed by atoms with van der Waals surface area (Å²) in [6.07, 6.45) is 0. The van der Waals surface area contributed by atoms with Gasteiger partial charge in [-0.15, -0.1) is 0 Å². The molecule has 15 heavy (non-hydrogen) atoms. The van der Waals surface area contributed by atoms with Gasteiger partial charge < -0.3 is 9.84 Å². The van der Waals surface area contributed by atoms with Gasteiger partial charge in [-0.3, -0.25) is 0 Å². The Morgan fingerprint density at radius 2 is 1.93 bits per heavy atom. The maximum Gasteiger partial charge on any atom is 0.0503 e. The molecule has 0 aliphatic heterocycles. The molecule has 0 amide bonds. The molecule has 2 atom stereocenters. The fraction of sp³-hybridized carbons (Fsp3) is 0.500. The van der Waals surface area contributed by atoms with Crippen LogP contribution >= 0.6 is 15.9 Å². The molecule has 0 bridgehead atoms. The van der Waals surface area contributed by atoms with Crippen molar-refractivity contribution in [3.8, 4) is 0 Å². The first-order valence-electron chi connectivity index (χ1n) is 5.04. The number of halogens is 1. The highest BCUT2D eigenvalue weighted by molar-refractivity contribution is 9.10. The lowest BCUT2D eigenvalue weighted by Crippen LogP contribution is -2.18. The van der Waals surface area contributed by atoms with Crippen molar-refractivity contribution in [3.63, 3.8) is 0 Å². The van der Waals surface area contributed by atoms with Crippen LogP contribution in [0, 0.1) is 5.92 Å². The number of aliphatic hydroxyl groups excluding tert-OH is 1. The van der Waals surface area contributed by atoms with Crippen LogP contribution in [-0.2, 0) is 4.74 Å². The fourth-order valence-electron chi connectivity index (χ4n) is 1.70. The Bertz CT molecular complexity index is 284. The molecule has 0 saturated heterocycles. The highest BCUT2D eigenvalue weighted by Crippen LogP contribution is 2.25. The number of rotatable bonds is 5. The molecule has 2 unspecified atom stereocenters. The zero-order valence-electron chi connectivity index (χ0n) is 9.11. The minimum atomic E-state index is 0.151. The first-order valence-corrected chi connectivity index (χ1v) is 5.83.